The number of carbonyl (C=O) groups excluding carboxylic acids is 1. The van der Waals surface area contributed by atoms with E-state index in [-0.39, 0.29) is 6.04 Å². The molecule has 3 aromatic rings. The number of methoxy groups -OCH3 is 1. The van der Waals surface area contributed by atoms with Gasteiger partial charge in [0.2, 0.25) is 10.1 Å². The van der Waals surface area contributed by atoms with Crippen LogP contribution in [-0.4, -0.2) is 63.7 Å². The summed E-state index contributed by atoms with van der Waals surface area (Å²) < 4.78 is 25.9. The Labute approximate surface area is 188 Å². The van der Waals surface area contributed by atoms with Crippen molar-refractivity contribution in [3.8, 4) is 17.0 Å². The van der Waals surface area contributed by atoms with Crippen LogP contribution in [0.2, 0.25) is 0 Å². The zero-order chi connectivity index (χ0) is 23.0. The summed E-state index contributed by atoms with van der Waals surface area (Å²) in [5.41, 5.74) is 0.733. The first-order valence-corrected chi connectivity index (χ1v) is 11.1. The molecule has 1 aromatic carbocycles. The first kappa shape index (κ1) is 22.3. The number of anilines is 1. The summed E-state index contributed by atoms with van der Waals surface area (Å²) in [7, 11) is 1.48. The van der Waals surface area contributed by atoms with E-state index in [1.165, 1.54) is 30.6 Å². The fourth-order valence-corrected chi connectivity index (χ4v) is 4.57. The highest BCUT2D eigenvalue weighted by atomic mass is 32.1. The number of ether oxygens (including phenoxy) is 2. The summed E-state index contributed by atoms with van der Waals surface area (Å²) in [6.07, 6.45) is 0.944. The predicted octanol–water partition coefficient (Wildman–Crippen LogP) is 3.07. The van der Waals surface area contributed by atoms with Gasteiger partial charge in [0.15, 0.2) is 0 Å². The number of rotatable bonds is 4. The molecule has 11 heteroatoms. The van der Waals surface area contributed by atoms with Crippen molar-refractivity contribution in [1.82, 2.24) is 19.9 Å². The van der Waals surface area contributed by atoms with Crippen molar-refractivity contribution in [2.45, 2.75) is 44.9 Å². The van der Waals surface area contributed by atoms with Crippen LogP contribution in [0, 0.1) is 5.82 Å². The van der Waals surface area contributed by atoms with Crippen molar-refractivity contribution < 1.29 is 23.8 Å². The number of aliphatic hydroxyl groups excluding tert-OH is 1. The van der Waals surface area contributed by atoms with Crippen LogP contribution in [0.3, 0.4) is 0 Å². The molecule has 4 rings (SSSR count). The fourth-order valence-electron chi connectivity index (χ4n) is 3.68. The molecule has 1 amide bonds. The number of carbonyl (C=O) groups is 1. The second kappa shape index (κ2) is 8.55. The second-order valence-electron chi connectivity index (χ2n) is 8.70. The second-order valence-corrected chi connectivity index (χ2v) is 9.64. The number of nitrogens with zero attached hydrogens (tertiary/aromatic N) is 4. The molecule has 0 spiro atoms. The van der Waals surface area contributed by atoms with Gasteiger partial charge in [-0.2, -0.15) is 0 Å². The summed E-state index contributed by atoms with van der Waals surface area (Å²) in [5.74, 6) is -0.00692. The average molecular weight is 464 g/mol. The van der Waals surface area contributed by atoms with E-state index in [2.05, 4.69) is 15.4 Å². The normalized spacial score (nSPS) is 19.2. The third kappa shape index (κ3) is 4.78. The Hall–Kier alpha value is -2.92. The number of imidazole rings is 1. The van der Waals surface area contributed by atoms with Crippen molar-refractivity contribution in [2.24, 2.45) is 0 Å². The number of nitrogens with one attached hydrogen (secondary N) is 1. The maximum Gasteiger partial charge on any atom is 0.407 e. The minimum absolute atomic E-state index is 0.290. The molecule has 0 aliphatic carbocycles. The fraction of sp³-hybridized carbons (Fsp3) is 0.476. The minimum atomic E-state index is -0.628. The molecule has 2 atom stereocenters. The monoisotopic (exact) mass is 463 g/mol. The van der Waals surface area contributed by atoms with Gasteiger partial charge in [0, 0.05) is 24.7 Å². The third-order valence-corrected chi connectivity index (χ3v) is 5.92. The molecule has 0 unspecified atom stereocenters. The number of piperidine rings is 1. The lowest BCUT2D eigenvalue weighted by molar-refractivity contribution is 0.0474. The molecule has 32 heavy (non-hydrogen) atoms. The summed E-state index contributed by atoms with van der Waals surface area (Å²) in [6.45, 7) is 6.26. The zero-order valence-electron chi connectivity index (χ0n) is 18.3. The van der Waals surface area contributed by atoms with E-state index in [9.17, 15) is 14.3 Å². The zero-order valence-corrected chi connectivity index (χ0v) is 19.1. The van der Waals surface area contributed by atoms with E-state index in [1.807, 2.05) is 4.90 Å². The van der Waals surface area contributed by atoms with E-state index in [4.69, 9.17) is 9.47 Å². The number of aliphatic hydroxyl groups is 1. The Morgan fingerprint density at radius 1 is 1.34 bits per heavy atom. The smallest absolute Gasteiger partial charge is 0.407 e. The van der Waals surface area contributed by atoms with Gasteiger partial charge in [-0.3, -0.25) is 0 Å². The van der Waals surface area contributed by atoms with Gasteiger partial charge in [0.05, 0.1) is 31.1 Å². The van der Waals surface area contributed by atoms with E-state index in [0.717, 1.165) is 0 Å². The number of halogens is 1. The first-order chi connectivity index (χ1) is 15.1. The lowest BCUT2D eigenvalue weighted by Gasteiger charge is -2.35. The van der Waals surface area contributed by atoms with Crippen molar-refractivity contribution in [1.29, 1.82) is 0 Å². The summed E-state index contributed by atoms with van der Waals surface area (Å²) in [5, 5.41) is 18.5. The molecule has 1 saturated heterocycles. The molecule has 0 saturated carbocycles. The maximum atomic E-state index is 13.6. The van der Waals surface area contributed by atoms with Crippen molar-refractivity contribution >= 4 is 27.5 Å². The highest BCUT2D eigenvalue weighted by Crippen LogP contribution is 2.34. The standard InChI is InChI=1S/C21H26FN5O4S/c1-21(2,3)31-20(29)24-13-8-14(28)11-26(10-13)19-25-27-16(9-23-18(27)32-19)15-6-5-12(22)7-17(15)30-4/h5-7,9,13-14,28H,8,10-11H2,1-4H3,(H,24,29)/t13-,14-/m0/s1. The molecule has 3 heterocycles. The number of alkyl carbamates (subject to hydrolysis) is 1. The van der Waals surface area contributed by atoms with Crippen molar-refractivity contribution in [3.63, 3.8) is 0 Å². The number of fused-ring (bicyclic) bond motifs is 1. The van der Waals surface area contributed by atoms with Crippen molar-refractivity contribution in [2.75, 3.05) is 25.1 Å². The molecule has 9 nitrogen and oxygen atoms in total. The van der Waals surface area contributed by atoms with Crippen LogP contribution in [0.5, 0.6) is 5.75 Å². The third-order valence-electron chi connectivity index (χ3n) is 4.93. The van der Waals surface area contributed by atoms with Gasteiger partial charge in [-0.05, 0) is 39.3 Å². The molecule has 2 aromatic heterocycles. The number of benzene rings is 1. The van der Waals surface area contributed by atoms with Gasteiger partial charge in [-0.25, -0.2) is 18.7 Å². The molecule has 0 bridgehead atoms. The molecule has 2 N–H and O–H groups in total. The van der Waals surface area contributed by atoms with Crippen LogP contribution in [0.1, 0.15) is 27.2 Å². The van der Waals surface area contributed by atoms with E-state index in [0.29, 0.717) is 46.6 Å². The Morgan fingerprint density at radius 2 is 2.12 bits per heavy atom. The van der Waals surface area contributed by atoms with Gasteiger partial charge in [0.1, 0.15) is 17.2 Å². The Kier molecular flexibility index (Phi) is 5.95. The van der Waals surface area contributed by atoms with Crippen LogP contribution in [-0.2, 0) is 4.74 Å². The number of amides is 1. The van der Waals surface area contributed by atoms with Crippen LogP contribution in [0.25, 0.3) is 16.2 Å². The number of hydrogen-bond donors (Lipinski definition) is 2. The van der Waals surface area contributed by atoms with Gasteiger partial charge in [-0.1, -0.05) is 11.3 Å². The highest BCUT2D eigenvalue weighted by molar-refractivity contribution is 7.20. The molecule has 1 aliphatic heterocycles. The molecular formula is C21H26FN5O4S. The Morgan fingerprint density at radius 3 is 2.84 bits per heavy atom. The van der Waals surface area contributed by atoms with Crippen LogP contribution >= 0.6 is 11.3 Å². The van der Waals surface area contributed by atoms with Gasteiger partial charge in [-0.15, -0.1) is 5.10 Å². The molecule has 1 aliphatic rings. The SMILES string of the molecule is COc1cc(F)ccc1-c1cnc2sc(N3C[C@@H](O)C[C@H](NC(=O)OC(C)(C)C)C3)nn12. The predicted molar refractivity (Wildman–Crippen MR) is 119 cm³/mol. The summed E-state index contributed by atoms with van der Waals surface area (Å²) in [4.78, 5) is 19.2. The largest absolute Gasteiger partial charge is 0.496 e. The highest BCUT2D eigenvalue weighted by Gasteiger charge is 2.31. The van der Waals surface area contributed by atoms with E-state index < -0.39 is 23.6 Å². The van der Waals surface area contributed by atoms with E-state index in [1.54, 1.807) is 37.5 Å². The number of aromatic nitrogens is 3. The lowest BCUT2D eigenvalue weighted by Crippen LogP contribution is -2.53. The first-order valence-electron chi connectivity index (χ1n) is 10.2. The minimum Gasteiger partial charge on any atom is -0.496 e. The molecule has 1 fully saturated rings. The van der Waals surface area contributed by atoms with Gasteiger partial charge >= 0.3 is 6.09 Å². The Bertz CT molecular complexity index is 1130. The number of hydrogen-bond acceptors (Lipinski definition) is 8. The van der Waals surface area contributed by atoms with Gasteiger partial charge in [0.25, 0.3) is 0 Å². The van der Waals surface area contributed by atoms with Gasteiger partial charge < -0.3 is 24.8 Å². The van der Waals surface area contributed by atoms with Crippen LogP contribution in [0.4, 0.5) is 14.3 Å². The molecular weight excluding hydrogens is 437 g/mol. The molecule has 172 valence electrons. The van der Waals surface area contributed by atoms with Crippen LogP contribution in [0.15, 0.2) is 24.4 Å². The van der Waals surface area contributed by atoms with Crippen molar-refractivity contribution in [3.05, 3.63) is 30.2 Å². The van der Waals surface area contributed by atoms with Crippen LogP contribution < -0.4 is 15.0 Å². The summed E-state index contributed by atoms with van der Waals surface area (Å²) in [6, 6.07) is 4.01. The summed E-state index contributed by atoms with van der Waals surface area (Å²) >= 11 is 1.37. The Balaban J connectivity index is 1.57. The maximum absolute atomic E-state index is 13.6. The average Bonchev–Trinajstić information content (AvgIpc) is 3.27. The topological polar surface area (TPSA) is 101 Å². The van der Waals surface area contributed by atoms with E-state index >= 15 is 0 Å². The molecule has 0 radical (unpaired) electrons. The quantitative estimate of drug-likeness (QED) is 0.613. The lowest BCUT2D eigenvalue weighted by atomic mass is 10.0. The number of β-amino-alcohol motifs (C(OH)–C–C–N with tert-alkyl or cyclic N) is 1.